The molecule has 0 bridgehead atoms. The molecule has 0 saturated carbocycles. The van der Waals surface area contributed by atoms with Crippen LogP contribution in [-0.2, 0) is 6.18 Å². The fourth-order valence-electron chi connectivity index (χ4n) is 2.39. The Balaban J connectivity index is 1.69. The molecule has 134 valence electrons. The van der Waals surface area contributed by atoms with Crippen molar-refractivity contribution in [3.05, 3.63) is 66.0 Å². The molecule has 26 heavy (non-hydrogen) atoms. The van der Waals surface area contributed by atoms with E-state index in [4.69, 9.17) is 0 Å². The standard InChI is InChI=1S/C18H15F3N4O/c19-18(20,21)17-24-14-9-5-4-8-13(14)15(25-17)22-10-11-23-16(26)12-6-2-1-3-7-12/h1-9H,10-11H2,(H,23,26)(H,22,24,25). The zero-order valence-corrected chi connectivity index (χ0v) is 13.5. The number of hydrogen-bond acceptors (Lipinski definition) is 4. The third kappa shape index (κ3) is 4.08. The van der Waals surface area contributed by atoms with Gasteiger partial charge in [-0.15, -0.1) is 0 Å². The predicted octanol–water partition coefficient (Wildman–Crippen LogP) is 3.49. The Morgan fingerprint density at radius 2 is 1.62 bits per heavy atom. The number of hydrogen-bond donors (Lipinski definition) is 2. The lowest BCUT2D eigenvalue weighted by Gasteiger charge is -2.12. The molecule has 2 aromatic carbocycles. The molecule has 1 aromatic heterocycles. The van der Waals surface area contributed by atoms with Crippen LogP contribution < -0.4 is 10.6 Å². The highest BCUT2D eigenvalue weighted by Crippen LogP contribution is 2.30. The van der Waals surface area contributed by atoms with E-state index in [-0.39, 0.29) is 30.3 Å². The van der Waals surface area contributed by atoms with E-state index < -0.39 is 12.0 Å². The van der Waals surface area contributed by atoms with Crippen molar-refractivity contribution in [2.45, 2.75) is 6.18 Å². The third-order valence-electron chi connectivity index (χ3n) is 3.60. The molecule has 0 aliphatic rings. The Morgan fingerprint density at radius 3 is 2.35 bits per heavy atom. The van der Waals surface area contributed by atoms with Crippen LogP contribution in [0, 0.1) is 0 Å². The number of nitrogens with zero attached hydrogens (tertiary/aromatic N) is 2. The second-order valence-corrected chi connectivity index (χ2v) is 5.46. The Hall–Kier alpha value is -3.16. The number of carbonyl (C=O) groups is 1. The van der Waals surface area contributed by atoms with Gasteiger partial charge >= 0.3 is 6.18 Å². The lowest BCUT2D eigenvalue weighted by Crippen LogP contribution is -2.29. The van der Waals surface area contributed by atoms with Crippen molar-refractivity contribution in [3.63, 3.8) is 0 Å². The van der Waals surface area contributed by atoms with Crippen LogP contribution in [-0.4, -0.2) is 29.0 Å². The maximum atomic E-state index is 13.0. The summed E-state index contributed by atoms with van der Waals surface area (Å²) in [6.45, 7) is 0.449. The van der Waals surface area contributed by atoms with Crippen LogP contribution in [0.1, 0.15) is 16.2 Å². The molecule has 1 amide bonds. The number of halogens is 3. The quantitative estimate of drug-likeness (QED) is 0.684. The second kappa shape index (κ2) is 7.38. The van der Waals surface area contributed by atoms with E-state index in [0.29, 0.717) is 10.9 Å². The number of carbonyl (C=O) groups excluding carboxylic acids is 1. The maximum absolute atomic E-state index is 13.0. The molecule has 0 fully saturated rings. The molecule has 0 aliphatic heterocycles. The third-order valence-corrected chi connectivity index (χ3v) is 3.60. The fraction of sp³-hybridized carbons (Fsp3) is 0.167. The van der Waals surface area contributed by atoms with E-state index in [0.717, 1.165) is 0 Å². The molecular weight excluding hydrogens is 345 g/mol. The number of alkyl halides is 3. The minimum atomic E-state index is -4.64. The minimum Gasteiger partial charge on any atom is -0.368 e. The van der Waals surface area contributed by atoms with E-state index >= 15 is 0 Å². The highest BCUT2D eigenvalue weighted by Gasteiger charge is 2.35. The van der Waals surface area contributed by atoms with Crippen LogP contribution in [0.5, 0.6) is 0 Å². The van der Waals surface area contributed by atoms with Crippen molar-refractivity contribution in [1.82, 2.24) is 15.3 Å². The average Bonchev–Trinajstić information content (AvgIpc) is 2.64. The van der Waals surface area contributed by atoms with E-state index in [1.54, 1.807) is 48.5 Å². The second-order valence-electron chi connectivity index (χ2n) is 5.46. The Morgan fingerprint density at radius 1 is 0.923 bits per heavy atom. The predicted molar refractivity (Wildman–Crippen MR) is 91.8 cm³/mol. The monoisotopic (exact) mass is 360 g/mol. The summed E-state index contributed by atoms with van der Waals surface area (Å²) < 4.78 is 38.9. The molecule has 3 aromatic rings. The number of para-hydroxylation sites is 1. The van der Waals surface area contributed by atoms with Crippen LogP contribution in [0.3, 0.4) is 0 Å². The van der Waals surface area contributed by atoms with E-state index in [1.807, 2.05) is 0 Å². The summed E-state index contributed by atoms with van der Waals surface area (Å²) in [5.41, 5.74) is 0.713. The summed E-state index contributed by atoms with van der Waals surface area (Å²) in [5, 5.41) is 6.02. The summed E-state index contributed by atoms with van der Waals surface area (Å²) >= 11 is 0. The molecule has 0 unspecified atom stereocenters. The van der Waals surface area contributed by atoms with E-state index in [1.165, 1.54) is 6.07 Å². The summed E-state index contributed by atoms with van der Waals surface area (Å²) in [4.78, 5) is 19.1. The van der Waals surface area contributed by atoms with Gasteiger partial charge in [0, 0.05) is 24.0 Å². The van der Waals surface area contributed by atoms with Gasteiger partial charge in [0.25, 0.3) is 5.91 Å². The largest absolute Gasteiger partial charge is 0.451 e. The number of fused-ring (bicyclic) bond motifs is 1. The fourth-order valence-corrected chi connectivity index (χ4v) is 2.39. The van der Waals surface area contributed by atoms with Gasteiger partial charge in [0.1, 0.15) is 5.82 Å². The summed E-state index contributed by atoms with van der Waals surface area (Å²) in [5.74, 6) is -1.38. The molecule has 0 aliphatic carbocycles. The maximum Gasteiger partial charge on any atom is 0.451 e. The first-order valence-corrected chi connectivity index (χ1v) is 7.86. The van der Waals surface area contributed by atoms with Gasteiger partial charge in [-0.1, -0.05) is 30.3 Å². The number of amides is 1. The average molecular weight is 360 g/mol. The van der Waals surface area contributed by atoms with Crippen molar-refractivity contribution in [2.24, 2.45) is 0 Å². The Kier molecular flexibility index (Phi) is 5.01. The van der Waals surface area contributed by atoms with Gasteiger partial charge in [0.15, 0.2) is 0 Å². The highest BCUT2D eigenvalue weighted by atomic mass is 19.4. The van der Waals surface area contributed by atoms with Crippen molar-refractivity contribution >= 4 is 22.6 Å². The summed E-state index contributed by atoms with van der Waals surface area (Å²) in [7, 11) is 0. The molecule has 0 radical (unpaired) electrons. The molecule has 0 spiro atoms. The first kappa shape index (κ1) is 17.7. The van der Waals surface area contributed by atoms with Crippen LogP contribution in [0.15, 0.2) is 54.6 Å². The van der Waals surface area contributed by atoms with Gasteiger partial charge in [0.05, 0.1) is 5.52 Å². The van der Waals surface area contributed by atoms with Gasteiger partial charge in [-0.3, -0.25) is 4.79 Å². The molecule has 1 heterocycles. The minimum absolute atomic E-state index is 0.0804. The number of anilines is 1. The van der Waals surface area contributed by atoms with Gasteiger partial charge in [-0.25, -0.2) is 9.97 Å². The molecule has 8 heteroatoms. The van der Waals surface area contributed by atoms with Crippen LogP contribution >= 0.6 is 0 Å². The van der Waals surface area contributed by atoms with Gasteiger partial charge in [-0.2, -0.15) is 13.2 Å². The number of nitrogens with one attached hydrogen (secondary N) is 2. The van der Waals surface area contributed by atoms with Crippen molar-refractivity contribution in [3.8, 4) is 0 Å². The summed E-state index contributed by atoms with van der Waals surface area (Å²) in [6.07, 6.45) is -4.64. The number of aromatic nitrogens is 2. The smallest absolute Gasteiger partial charge is 0.368 e. The van der Waals surface area contributed by atoms with E-state index in [9.17, 15) is 18.0 Å². The van der Waals surface area contributed by atoms with Crippen molar-refractivity contribution in [2.75, 3.05) is 18.4 Å². The zero-order chi connectivity index (χ0) is 18.6. The lowest BCUT2D eigenvalue weighted by molar-refractivity contribution is -0.144. The summed E-state index contributed by atoms with van der Waals surface area (Å²) in [6, 6.07) is 15.1. The van der Waals surface area contributed by atoms with Gasteiger partial charge in [0.2, 0.25) is 5.82 Å². The van der Waals surface area contributed by atoms with Crippen LogP contribution in [0.25, 0.3) is 10.9 Å². The zero-order valence-electron chi connectivity index (χ0n) is 13.5. The highest BCUT2D eigenvalue weighted by molar-refractivity contribution is 5.94. The van der Waals surface area contributed by atoms with Crippen molar-refractivity contribution < 1.29 is 18.0 Å². The van der Waals surface area contributed by atoms with Gasteiger partial charge < -0.3 is 10.6 Å². The molecule has 0 atom stereocenters. The Bertz CT molecular complexity index is 913. The van der Waals surface area contributed by atoms with Crippen molar-refractivity contribution in [1.29, 1.82) is 0 Å². The van der Waals surface area contributed by atoms with E-state index in [2.05, 4.69) is 20.6 Å². The normalized spacial score (nSPS) is 11.3. The number of benzene rings is 2. The van der Waals surface area contributed by atoms with Crippen LogP contribution in [0.4, 0.5) is 19.0 Å². The lowest BCUT2D eigenvalue weighted by atomic mass is 10.2. The number of rotatable bonds is 5. The van der Waals surface area contributed by atoms with Crippen LogP contribution in [0.2, 0.25) is 0 Å². The molecule has 0 saturated heterocycles. The topological polar surface area (TPSA) is 66.9 Å². The Labute approximate surface area is 147 Å². The first-order valence-electron chi connectivity index (χ1n) is 7.86. The molecule has 5 nitrogen and oxygen atoms in total. The molecular formula is C18H15F3N4O. The SMILES string of the molecule is O=C(NCCNc1nc(C(F)(F)F)nc2ccccc12)c1ccccc1. The molecule has 3 rings (SSSR count). The first-order chi connectivity index (χ1) is 12.4. The van der Waals surface area contributed by atoms with Gasteiger partial charge in [-0.05, 0) is 24.3 Å². The molecule has 2 N–H and O–H groups in total.